The van der Waals surface area contributed by atoms with Crippen LogP contribution < -0.4 is 0 Å². The van der Waals surface area contributed by atoms with E-state index >= 15 is 0 Å². The maximum Gasteiger partial charge on any atom is 0.319 e. The molecule has 0 aliphatic heterocycles. The van der Waals surface area contributed by atoms with E-state index in [2.05, 4.69) is 13.8 Å². The number of Topliss-reactive ketones (excluding diaryl/α,β-unsaturated/α-hetero) is 2. The monoisotopic (exact) mass is 454 g/mol. The summed E-state index contributed by atoms with van der Waals surface area (Å²) in [6, 6.07) is 0. The molecule has 0 aromatic rings. The zero-order valence-electron chi connectivity index (χ0n) is 19.6. The van der Waals surface area contributed by atoms with Gasteiger partial charge in [-0.15, -0.1) is 0 Å². The van der Waals surface area contributed by atoms with Crippen LogP contribution in [-0.4, -0.2) is 46.8 Å². The lowest BCUT2D eigenvalue weighted by molar-refractivity contribution is -0.161. The summed E-state index contributed by atoms with van der Waals surface area (Å²) in [5, 5.41) is 17.1. The highest BCUT2D eigenvalue weighted by molar-refractivity contribution is 6.04. The Bertz CT molecular complexity index is 667. The van der Waals surface area contributed by atoms with E-state index in [1.54, 1.807) is 0 Å². The van der Waals surface area contributed by atoms with Crippen molar-refractivity contribution in [2.45, 2.75) is 90.9 Å². The van der Waals surface area contributed by atoms with Gasteiger partial charge in [0.2, 0.25) is 0 Å². The average molecular weight is 455 g/mol. The molecule has 0 radical (unpaired) electrons. The Morgan fingerprint density at radius 2 is 1.22 bits per heavy atom. The third kappa shape index (κ3) is 8.71. The molecule has 2 fully saturated rings. The summed E-state index contributed by atoms with van der Waals surface area (Å²) in [6.07, 6.45) is 6.57. The Balaban J connectivity index is 0.000000330. The molecule has 0 spiro atoms. The van der Waals surface area contributed by atoms with Crippen molar-refractivity contribution in [3.05, 3.63) is 0 Å². The van der Waals surface area contributed by atoms with E-state index in [-0.39, 0.29) is 43.2 Å². The molecule has 0 atom stereocenters. The lowest BCUT2D eigenvalue weighted by Gasteiger charge is -2.35. The van der Waals surface area contributed by atoms with Crippen LogP contribution in [0.15, 0.2) is 0 Å². The molecule has 0 bridgehead atoms. The second kappa shape index (κ2) is 13.3. The average Bonchev–Trinajstić information content (AvgIpc) is 2.76. The Kier molecular flexibility index (Phi) is 11.6. The lowest BCUT2D eigenvalue weighted by Crippen LogP contribution is -2.43. The first-order chi connectivity index (χ1) is 15.0. The first-order valence-electron chi connectivity index (χ1n) is 11.6. The SMILES string of the molecule is CC1CCC(C(=O)CCC(=O)O)CC1.COC(=O)C1(C(=O)CCC(=O)O)CCC(C)CC1. The quantitative estimate of drug-likeness (QED) is 0.394. The number of carboxylic acid groups (broad SMARTS) is 2. The second-order valence-electron chi connectivity index (χ2n) is 9.39. The summed E-state index contributed by atoms with van der Waals surface area (Å²) in [5.41, 5.74) is -1.10. The van der Waals surface area contributed by atoms with Crippen LogP contribution in [0.1, 0.15) is 90.9 Å². The Hall–Kier alpha value is -2.25. The molecule has 0 heterocycles. The molecular formula is C24H38O8. The van der Waals surface area contributed by atoms with E-state index in [1.807, 2.05) is 0 Å². The largest absolute Gasteiger partial charge is 0.481 e. The Morgan fingerprint density at radius 1 is 0.750 bits per heavy atom. The van der Waals surface area contributed by atoms with Crippen LogP contribution in [0.25, 0.3) is 0 Å². The van der Waals surface area contributed by atoms with Crippen LogP contribution >= 0.6 is 0 Å². The fourth-order valence-electron chi connectivity index (χ4n) is 4.52. The van der Waals surface area contributed by atoms with Gasteiger partial charge in [-0.3, -0.25) is 24.0 Å². The molecule has 2 saturated carbocycles. The van der Waals surface area contributed by atoms with E-state index in [1.165, 1.54) is 7.11 Å². The second-order valence-corrected chi connectivity index (χ2v) is 9.39. The standard InChI is InChI=1S/C13H20O5.C11H18O3/c1-9-5-7-13(8-6-9,12(17)18-2)10(14)3-4-11(15)16;1-8-2-4-9(5-3-8)10(12)6-7-11(13)14/h9H,3-8H2,1-2H3,(H,15,16);8-9H,2-7H2,1H3,(H,13,14). The van der Waals surface area contributed by atoms with Crippen molar-refractivity contribution in [1.29, 1.82) is 0 Å². The summed E-state index contributed by atoms with van der Waals surface area (Å²) in [7, 11) is 1.27. The lowest BCUT2D eigenvalue weighted by atomic mass is 9.67. The molecule has 8 heteroatoms. The molecule has 2 aliphatic carbocycles. The topological polar surface area (TPSA) is 135 Å². The van der Waals surface area contributed by atoms with Crippen molar-refractivity contribution in [1.82, 2.24) is 0 Å². The number of esters is 1. The summed E-state index contributed by atoms with van der Waals surface area (Å²) < 4.78 is 4.75. The van der Waals surface area contributed by atoms with Gasteiger partial charge in [-0.25, -0.2) is 0 Å². The van der Waals surface area contributed by atoms with Gasteiger partial charge in [0.1, 0.15) is 11.2 Å². The molecule has 0 saturated heterocycles. The minimum absolute atomic E-state index is 0.00904. The molecule has 0 unspecified atom stereocenters. The fraction of sp³-hybridized carbons (Fsp3) is 0.792. The van der Waals surface area contributed by atoms with Crippen molar-refractivity contribution in [2.24, 2.45) is 23.2 Å². The van der Waals surface area contributed by atoms with Gasteiger partial charge in [0.25, 0.3) is 0 Å². The number of carbonyl (C=O) groups is 5. The number of carbonyl (C=O) groups excluding carboxylic acids is 3. The van der Waals surface area contributed by atoms with Gasteiger partial charge in [0.05, 0.1) is 20.0 Å². The molecule has 2 aliphatic rings. The van der Waals surface area contributed by atoms with Crippen molar-refractivity contribution in [2.75, 3.05) is 7.11 Å². The Labute approximate surface area is 190 Å². The van der Waals surface area contributed by atoms with Crippen molar-refractivity contribution < 1.29 is 38.9 Å². The third-order valence-corrected chi connectivity index (χ3v) is 6.86. The smallest absolute Gasteiger partial charge is 0.319 e. The summed E-state index contributed by atoms with van der Waals surface area (Å²) in [4.78, 5) is 56.4. The molecule has 0 aromatic heterocycles. The highest BCUT2D eigenvalue weighted by Crippen LogP contribution is 2.41. The fourth-order valence-corrected chi connectivity index (χ4v) is 4.52. The summed E-state index contributed by atoms with van der Waals surface area (Å²) in [6.45, 7) is 4.29. The molecule has 8 nitrogen and oxygen atoms in total. The number of aliphatic carboxylic acids is 2. The van der Waals surface area contributed by atoms with Gasteiger partial charge in [-0.1, -0.05) is 26.7 Å². The van der Waals surface area contributed by atoms with E-state index in [9.17, 15) is 24.0 Å². The normalized spacial score (nSPS) is 27.4. The number of methoxy groups -OCH3 is 1. The summed E-state index contributed by atoms with van der Waals surface area (Å²) in [5.74, 6) is -1.16. The molecule has 2 N–H and O–H groups in total. The van der Waals surface area contributed by atoms with Gasteiger partial charge in [-0.05, 0) is 50.4 Å². The van der Waals surface area contributed by atoms with E-state index in [0.717, 1.165) is 44.4 Å². The van der Waals surface area contributed by atoms with Gasteiger partial charge < -0.3 is 14.9 Å². The van der Waals surface area contributed by atoms with Crippen LogP contribution in [0, 0.1) is 23.2 Å². The van der Waals surface area contributed by atoms with E-state index in [0.29, 0.717) is 18.8 Å². The number of ketones is 2. The highest BCUT2D eigenvalue weighted by atomic mass is 16.5. The molecule has 2 rings (SSSR count). The van der Waals surface area contributed by atoms with Crippen molar-refractivity contribution >= 4 is 29.5 Å². The molecular weight excluding hydrogens is 416 g/mol. The van der Waals surface area contributed by atoms with E-state index in [4.69, 9.17) is 14.9 Å². The number of rotatable bonds is 9. The van der Waals surface area contributed by atoms with E-state index < -0.39 is 23.3 Å². The van der Waals surface area contributed by atoms with Crippen LogP contribution in [0.3, 0.4) is 0 Å². The zero-order valence-corrected chi connectivity index (χ0v) is 19.6. The van der Waals surface area contributed by atoms with Gasteiger partial charge in [0.15, 0.2) is 5.78 Å². The highest BCUT2D eigenvalue weighted by Gasteiger charge is 2.47. The first kappa shape index (κ1) is 27.8. The number of ether oxygens (including phenoxy) is 1. The van der Waals surface area contributed by atoms with Crippen molar-refractivity contribution in [3.8, 4) is 0 Å². The van der Waals surface area contributed by atoms with Crippen LogP contribution in [-0.2, 0) is 28.7 Å². The zero-order chi connectivity index (χ0) is 24.3. The van der Waals surface area contributed by atoms with Gasteiger partial charge >= 0.3 is 17.9 Å². The number of hydrogen-bond donors (Lipinski definition) is 2. The van der Waals surface area contributed by atoms with Crippen molar-refractivity contribution in [3.63, 3.8) is 0 Å². The number of carboxylic acids is 2. The van der Waals surface area contributed by atoms with Gasteiger partial charge in [0, 0.05) is 18.8 Å². The van der Waals surface area contributed by atoms with Crippen LogP contribution in [0.5, 0.6) is 0 Å². The predicted octanol–water partition coefficient (Wildman–Crippen LogP) is 4.04. The van der Waals surface area contributed by atoms with Gasteiger partial charge in [-0.2, -0.15) is 0 Å². The first-order valence-corrected chi connectivity index (χ1v) is 11.6. The Morgan fingerprint density at radius 3 is 1.69 bits per heavy atom. The van der Waals surface area contributed by atoms with Crippen LogP contribution in [0.2, 0.25) is 0 Å². The predicted molar refractivity (Wildman–Crippen MR) is 117 cm³/mol. The maximum atomic E-state index is 12.2. The minimum Gasteiger partial charge on any atom is -0.481 e. The molecule has 182 valence electrons. The summed E-state index contributed by atoms with van der Waals surface area (Å²) >= 11 is 0. The third-order valence-electron chi connectivity index (χ3n) is 6.86. The molecule has 32 heavy (non-hydrogen) atoms. The number of hydrogen-bond acceptors (Lipinski definition) is 6. The minimum atomic E-state index is -1.10. The maximum absolute atomic E-state index is 12.2. The van der Waals surface area contributed by atoms with Crippen LogP contribution in [0.4, 0.5) is 0 Å². The molecule has 0 amide bonds. The molecule has 0 aromatic carbocycles.